The van der Waals surface area contributed by atoms with Crippen LogP contribution in [-0.2, 0) is 0 Å². The highest BCUT2D eigenvalue weighted by Gasteiger charge is 2.21. The highest BCUT2D eigenvalue weighted by Crippen LogP contribution is 2.24. The van der Waals surface area contributed by atoms with Gasteiger partial charge in [0.05, 0.1) is 13.2 Å². The van der Waals surface area contributed by atoms with Crippen molar-refractivity contribution in [1.29, 1.82) is 5.26 Å². The van der Waals surface area contributed by atoms with Gasteiger partial charge in [0.25, 0.3) is 0 Å². The highest BCUT2D eigenvalue weighted by atomic mass is 16.5. The molecular weight excluding hydrogens is 250 g/mol. The summed E-state index contributed by atoms with van der Waals surface area (Å²) in [7, 11) is 1.71. The van der Waals surface area contributed by atoms with Gasteiger partial charge in [0.2, 0.25) is 0 Å². The van der Waals surface area contributed by atoms with E-state index in [0.717, 1.165) is 38.5 Å². The lowest BCUT2D eigenvalue weighted by atomic mass is 10.1. The van der Waals surface area contributed by atoms with Crippen molar-refractivity contribution in [2.45, 2.75) is 19.4 Å². The zero-order chi connectivity index (χ0) is 14.4. The number of nitriles is 1. The fourth-order valence-electron chi connectivity index (χ4n) is 2.69. The number of benzene rings is 1. The number of nitrogens with zero attached hydrogens (tertiary/aromatic N) is 3. The van der Waals surface area contributed by atoms with Gasteiger partial charge in [0.1, 0.15) is 5.75 Å². The third kappa shape index (κ3) is 3.72. The van der Waals surface area contributed by atoms with E-state index in [1.165, 1.54) is 5.56 Å². The fourth-order valence-corrected chi connectivity index (χ4v) is 2.69. The number of piperazine rings is 1. The number of methoxy groups -OCH3 is 1. The average Bonchev–Trinajstić information content (AvgIpc) is 2.52. The SMILES string of the molecule is COc1cccc([C@@H](C)N2CCN(CCC#N)CC2)c1. The third-order valence-electron chi connectivity index (χ3n) is 4.07. The van der Waals surface area contributed by atoms with Crippen LogP contribution in [0.4, 0.5) is 0 Å². The summed E-state index contributed by atoms with van der Waals surface area (Å²) in [6.45, 7) is 7.37. The van der Waals surface area contributed by atoms with E-state index in [9.17, 15) is 0 Å². The van der Waals surface area contributed by atoms with E-state index in [-0.39, 0.29) is 0 Å². The Morgan fingerprint density at radius 3 is 2.70 bits per heavy atom. The van der Waals surface area contributed by atoms with E-state index in [4.69, 9.17) is 10.00 Å². The molecule has 1 atom stereocenters. The first-order valence-corrected chi connectivity index (χ1v) is 7.22. The van der Waals surface area contributed by atoms with Crippen LogP contribution in [0.5, 0.6) is 5.75 Å². The van der Waals surface area contributed by atoms with Gasteiger partial charge < -0.3 is 4.74 Å². The molecule has 4 nitrogen and oxygen atoms in total. The number of ether oxygens (including phenoxy) is 1. The van der Waals surface area contributed by atoms with Crippen LogP contribution >= 0.6 is 0 Å². The molecule has 4 heteroatoms. The van der Waals surface area contributed by atoms with Crippen LogP contribution < -0.4 is 4.74 Å². The molecule has 20 heavy (non-hydrogen) atoms. The fraction of sp³-hybridized carbons (Fsp3) is 0.562. The largest absolute Gasteiger partial charge is 0.497 e. The summed E-state index contributed by atoms with van der Waals surface area (Å²) in [4.78, 5) is 4.87. The monoisotopic (exact) mass is 273 g/mol. The van der Waals surface area contributed by atoms with E-state index in [1.54, 1.807) is 7.11 Å². The van der Waals surface area contributed by atoms with Crippen LogP contribution in [0.25, 0.3) is 0 Å². The lowest BCUT2D eigenvalue weighted by Gasteiger charge is -2.38. The average molecular weight is 273 g/mol. The van der Waals surface area contributed by atoms with E-state index in [0.29, 0.717) is 12.5 Å². The molecule has 1 fully saturated rings. The van der Waals surface area contributed by atoms with Crippen molar-refractivity contribution >= 4 is 0 Å². The molecule has 1 aliphatic rings. The minimum Gasteiger partial charge on any atom is -0.497 e. The summed E-state index contributed by atoms with van der Waals surface area (Å²) in [5.74, 6) is 0.919. The van der Waals surface area contributed by atoms with Crippen molar-refractivity contribution in [3.8, 4) is 11.8 Å². The molecule has 1 saturated heterocycles. The smallest absolute Gasteiger partial charge is 0.119 e. The van der Waals surface area contributed by atoms with Gasteiger partial charge in [-0.05, 0) is 24.6 Å². The maximum Gasteiger partial charge on any atom is 0.119 e. The Hall–Kier alpha value is -1.57. The summed E-state index contributed by atoms with van der Waals surface area (Å²) in [5, 5.41) is 8.64. The Kier molecular flexibility index (Phi) is 5.40. The van der Waals surface area contributed by atoms with Crippen LogP contribution in [0.15, 0.2) is 24.3 Å². The van der Waals surface area contributed by atoms with Gasteiger partial charge in [-0.3, -0.25) is 9.80 Å². The number of rotatable bonds is 5. The van der Waals surface area contributed by atoms with Crippen molar-refractivity contribution in [1.82, 2.24) is 9.80 Å². The molecule has 0 aromatic heterocycles. The minimum atomic E-state index is 0.406. The molecule has 108 valence electrons. The zero-order valence-electron chi connectivity index (χ0n) is 12.4. The third-order valence-corrected chi connectivity index (χ3v) is 4.07. The topological polar surface area (TPSA) is 39.5 Å². The zero-order valence-corrected chi connectivity index (χ0v) is 12.4. The summed E-state index contributed by atoms with van der Waals surface area (Å²) >= 11 is 0. The second-order valence-corrected chi connectivity index (χ2v) is 5.24. The molecule has 1 aliphatic heterocycles. The normalized spacial score (nSPS) is 18.4. The van der Waals surface area contributed by atoms with E-state index in [2.05, 4.69) is 34.9 Å². The Balaban J connectivity index is 1.91. The standard InChI is InChI=1S/C16H23N3O/c1-14(15-5-3-6-16(13-15)20-2)19-11-9-18(10-12-19)8-4-7-17/h3,5-6,13-14H,4,8-12H2,1-2H3/t14-/m1/s1. The number of hydrogen-bond acceptors (Lipinski definition) is 4. The molecule has 2 rings (SSSR count). The molecule has 1 aromatic carbocycles. The van der Waals surface area contributed by atoms with Crippen molar-refractivity contribution < 1.29 is 4.74 Å². The molecule has 1 aromatic rings. The first kappa shape index (κ1) is 14.8. The van der Waals surface area contributed by atoms with Crippen LogP contribution in [0, 0.1) is 11.3 Å². The lowest BCUT2D eigenvalue weighted by Crippen LogP contribution is -2.47. The van der Waals surface area contributed by atoms with Crippen LogP contribution in [-0.4, -0.2) is 49.6 Å². The molecule has 0 unspecified atom stereocenters. The minimum absolute atomic E-state index is 0.406. The van der Waals surface area contributed by atoms with Crippen LogP contribution in [0.3, 0.4) is 0 Å². The molecule has 0 aliphatic carbocycles. The van der Waals surface area contributed by atoms with Crippen molar-refractivity contribution in [2.75, 3.05) is 39.8 Å². The first-order valence-electron chi connectivity index (χ1n) is 7.22. The van der Waals surface area contributed by atoms with Gasteiger partial charge >= 0.3 is 0 Å². The second kappa shape index (κ2) is 7.28. The Labute approximate surface area is 121 Å². The molecular formula is C16H23N3O. The molecule has 0 radical (unpaired) electrons. The Bertz CT molecular complexity index is 461. The molecule has 0 saturated carbocycles. The van der Waals surface area contributed by atoms with Crippen LogP contribution in [0.1, 0.15) is 24.9 Å². The molecule has 0 bridgehead atoms. The predicted octanol–water partition coefficient (Wildman–Crippen LogP) is 2.29. The van der Waals surface area contributed by atoms with Crippen LogP contribution in [0.2, 0.25) is 0 Å². The molecule has 1 heterocycles. The lowest BCUT2D eigenvalue weighted by molar-refractivity contribution is 0.104. The Morgan fingerprint density at radius 1 is 1.30 bits per heavy atom. The Morgan fingerprint density at radius 2 is 2.05 bits per heavy atom. The van der Waals surface area contributed by atoms with Gasteiger partial charge in [-0.25, -0.2) is 0 Å². The van der Waals surface area contributed by atoms with Gasteiger partial charge in [0, 0.05) is 45.2 Å². The summed E-state index contributed by atoms with van der Waals surface area (Å²) in [6, 6.07) is 10.9. The maximum atomic E-state index is 8.64. The maximum absolute atomic E-state index is 8.64. The summed E-state index contributed by atoms with van der Waals surface area (Å²) < 4.78 is 5.30. The van der Waals surface area contributed by atoms with E-state index < -0.39 is 0 Å². The first-order chi connectivity index (χ1) is 9.74. The molecule has 0 N–H and O–H groups in total. The van der Waals surface area contributed by atoms with Gasteiger partial charge in [-0.1, -0.05) is 12.1 Å². The second-order valence-electron chi connectivity index (χ2n) is 5.24. The van der Waals surface area contributed by atoms with E-state index >= 15 is 0 Å². The summed E-state index contributed by atoms with van der Waals surface area (Å²) in [6.07, 6.45) is 0.630. The van der Waals surface area contributed by atoms with Gasteiger partial charge in [-0.2, -0.15) is 5.26 Å². The van der Waals surface area contributed by atoms with Gasteiger partial charge in [-0.15, -0.1) is 0 Å². The quantitative estimate of drug-likeness (QED) is 0.825. The van der Waals surface area contributed by atoms with E-state index in [1.807, 2.05) is 12.1 Å². The highest BCUT2D eigenvalue weighted by molar-refractivity contribution is 5.30. The summed E-state index contributed by atoms with van der Waals surface area (Å²) in [5.41, 5.74) is 1.30. The van der Waals surface area contributed by atoms with Crippen molar-refractivity contribution in [3.05, 3.63) is 29.8 Å². The van der Waals surface area contributed by atoms with Crippen molar-refractivity contribution in [3.63, 3.8) is 0 Å². The molecule has 0 spiro atoms. The molecule has 0 amide bonds. The van der Waals surface area contributed by atoms with Gasteiger partial charge in [0.15, 0.2) is 0 Å². The van der Waals surface area contributed by atoms with Crippen molar-refractivity contribution in [2.24, 2.45) is 0 Å². The predicted molar refractivity (Wildman–Crippen MR) is 79.7 cm³/mol. The number of hydrogen-bond donors (Lipinski definition) is 0.